The Kier molecular flexibility index (Phi) is 6.38. The standard InChI is InChI=1S/C18H19F3N2O4/c1-25-14-9-4-11(15(26-2)16(14)27-3)10-22-17(24)23-13-7-5-12(6-8-13)18(19,20)21/h4-9H,10H2,1-3H3,(H2,22,23,24). The van der Waals surface area contributed by atoms with Crippen LogP contribution < -0.4 is 24.8 Å². The summed E-state index contributed by atoms with van der Waals surface area (Å²) in [6, 6.07) is 6.95. The first kappa shape index (κ1) is 20.2. The highest BCUT2D eigenvalue weighted by molar-refractivity contribution is 5.89. The monoisotopic (exact) mass is 384 g/mol. The molecule has 0 heterocycles. The number of hydrogen-bond acceptors (Lipinski definition) is 4. The van der Waals surface area contributed by atoms with E-state index in [-0.39, 0.29) is 12.2 Å². The molecule has 0 unspecified atom stereocenters. The number of urea groups is 1. The summed E-state index contributed by atoms with van der Waals surface area (Å²) < 4.78 is 53.4. The van der Waals surface area contributed by atoms with Gasteiger partial charge in [0.1, 0.15) is 0 Å². The summed E-state index contributed by atoms with van der Waals surface area (Å²) in [7, 11) is 4.42. The lowest BCUT2D eigenvalue weighted by molar-refractivity contribution is -0.137. The first-order valence-corrected chi connectivity index (χ1v) is 7.80. The number of benzene rings is 2. The van der Waals surface area contributed by atoms with E-state index in [0.717, 1.165) is 12.1 Å². The molecule has 27 heavy (non-hydrogen) atoms. The van der Waals surface area contributed by atoms with Crippen LogP contribution in [0, 0.1) is 0 Å². The number of alkyl halides is 3. The molecule has 0 saturated heterocycles. The summed E-state index contributed by atoms with van der Waals surface area (Å²) >= 11 is 0. The van der Waals surface area contributed by atoms with Crippen molar-refractivity contribution < 1.29 is 32.2 Å². The van der Waals surface area contributed by atoms with Gasteiger partial charge in [0.25, 0.3) is 0 Å². The van der Waals surface area contributed by atoms with Crippen LogP contribution in [0.25, 0.3) is 0 Å². The molecule has 0 aliphatic heterocycles. The summed E-state index contributed by atoms with van der Waals surface area (Å²) in [5, 5.41) is 5.07. The Morgan fingerprint density at radius 3 is 2.07 bits per heavy atom. The van der Waals surface area contributed by atoms with E-state index >= 15 is 0 Å². The number of halogens is 3. The van der Waals surface area contributed by atoms with Gasteiger partial charge in [-0.15, -0.1) is 0 Å². The number of methoxy groups -OCH3 is 3. The number of nitrogens with one attached hydrogen (secondary N) is 2. The van der Waals surface area contributed by atoms with Gasteiger partial charge in [-0.25, -0.2) is 4.79 Å². The molecule has 2 amide bonds. The Balaban J connectivity index is 2.03. The Morgan fingerprint density at radius 1 is 0.926 bits per heavy atom. The van der Waals surface area contributed by atoms with Crippen LogP contribution in [0.5, 0.6) is 17.2 Å². The normalized spacial score (nSPS) is 10.9. The molecule has 0 aliphatic carbocycles. The summed E-state index contributed by atoms with van der Waals surface area (Å²) in [6.07, 6.45) is -4.43. The lowest BCUT2D eigenvalue weighted by Gasteiger charge is -2.16. The maximum absolute atomic E-state index is 12.5. The van der Waals surface area contributed by atoms with Gasteiger partial charge in [-0.1, -0.05) is 0 Å². The topological polar surface area (TPSA) is 68.8 Å². The van der Waals surface area contributed by atoms with Crippen molar-refractivity contribution in [3.8, 4) is 17.2 Å². The highest BCUT2D eigenvalue weighted by Crippen LogP contribution is 2.39. The lowest BCUT2D eigenvalue weighted by Crippen LogP contribution is -2.28. The van der Waals surface area contributed by atoms with Crippen LogP contribution in [-0.2, 0) is 12.7 Å². The first-order chi connectivity index (χ1) is 12.8. The Hall–Kier alpha value is -3.10. The van der Waals surface area contributed by atoms with E-state index in [2.05, 4.69) is 10.6 Å². The van der Waals surface area contributed by atoms with Crippen LogP contribution in [0.15, 0.2) is 36.4 Å². The van der Waals surface area contributed by atoms with Crippen LogP contribution in [-0.4, -0.2) is 27.4 Å². The van der Waals surface area contributed by atoms with Gasteiger partial charge in [0.05, 0.1) is 26.9 Å². The SMILES string of the molecule is COc1ccc(CNC(=O)Nc2ccc(C(F)(F)F)cc2)c(OC)c1OC. The lowest BCUT2D eigenvalue weighted by atomic mass is 10.1. The molecular weight excluding hydrogens is 365 g/mol. The zero-order valence-corrected chi connectivity index (χ0v) is 14.9. The molecule has 0 aromatic heterocycles. The average Bonchev–Trinajstić information content (AvgIpc) is 2.65. The zero-order chi connectivity index (χ0) is 20.0. The van der Waals surface area contributed by atoms with Crippen LogP contribution in [0.4, 0.5) is 23.7 Å². The highest BCUT2D eigenvalue weighted by Gasteiger charge is 2.30. The van der Waals surface area contributed by atoms with E-state index < -0.39 is 17.8 Å². The number of anilines is 1. The largest absolute Gasteiger partial charge is 0.493 e. The number of rotatable bonds is 6. The van der Waals surface area contributed by atoms with Crippen LogP contribution in [0.3, 0.4) is 0 Å². The predicted molar refractivity (Wildman–Crippen MR) is 93.4 cm³/mol. The van der Waals surface area contributed by atoms with Gasteiger partial charge in [0.2, 0.25) is 5.75 Å². The third-order valence-corrected chi connectivity index (χ3v) is 3.70. The molecule has 0 aliphatic rings. The highest BCUT2D eigenvalue weighted by atomic mass is 19.4. The minimum Gasteiger partial charge on any atom is -0.493 e. The molecule has 0 fully saturated rings. The van der Waals surface area contributed by atoms with Crippen molar-refractivity contribution in [1.29, 1.82) is 0 Å². The zero-order valence-electron chi connectivity index (χ0n) is 14.9. The van der Waals surface area contributed by atoms with E-state index in [1.54, 1.807) is 12.1 Å². The smallest absolute Gasteiger partial charge is 0.416 e. The fraction of sp³-hybridized carbons (Fsp3) is 0.278. The molecule has 2 aromatic carbocycles. The molecule has 9 heteroatoms. The molecule has 0 spiro atoms. The van der Waals surface area contributed by atoms with Gasteiger partial charge in [-0.3, -0.25) is 0 Å². The van der Waals surface area contributed by atoms with Crippen LogP contribution in [0.2, 0.25) is 0 Å². The summed E-state index contributed by atoms with van der Waals surface area (Å²) in [4.78, 5) is 12.0. The van der Waals surface area contributed by atoms with Crippen molar-refractivity contribution in [1.82, 2.24) is 5.32 Å². The van der Waals surface area contributed by atoms with E-state index in [4.69, 9.17) is 14.2 Å². The van der Waals surface area contributed by atoms with Crippen molar-refractivity contribution in [2.45, 2.75) is 12.7 Å². The minimum absolute atomic E-state index is 0.107. The van der Waals surface area contributed by atoms with Crippen LogP contribution in [0.1, 0.15) is 11.1 Å². The number of amides is 2. The molecular formula is C18H19F3N2O4. The molecule has 2 rings (SSSR count). The van der Waals surface area contributed by atoms with E-state index in [9.17, 15) is 18.0 Å². The number of carbonyl (C=O) groups is 1. The van der Waals surface area contributed by atoms with Gasteiger partial charge in [-0.05, 0) is 36.4 Å². The average molecular weight is 384 g/mol. The van der Waals surface area contributed by atoms with Crippen molar-refractivity contribution in [2.24, 2.45) is 0 Å². The fourth-order valence-electron chi connectivity index (χ4n) is 2.40. The molecule has 146 valence electrons. The minimum atomic E-state index is -4.43. The molecule has 2 aromatic rings. The molecule has 6 nitrogen and oxygen atoms in total. The molecule has 0 bridgehead atoms. The second kappa shape index (κ2) is 8.52. The van der Waals surface area contributed by atoms with Gasteiger partial charge in [0, 0.05) is 17.8 Å². The first-order valence-electron chi connectivity index (χ1n) is 7.80. The number of hydrogen-bond donors (Lipinski definition) is 2. The Labute approximate surface area is 154 Å². The maximum Gasteiger partial charge on any atom is 0.416 e. The summed E-state index contributed by atoms with van der Waals surface area (Å²) in [6.45, 7) is 0.107. The Morgan fingerprint density at radius 2 is 1.56 bits per heavy atom. The van der Waals surface area contributed by atoms with Crippen LogP contribution >= 0.6 is 0 Å². The Bertz CT molecular complexity index is 792. The van der Waals surface area contributed by atoms with Gasteiger partial charge < -0.3 is 24.8 Å². The van der Waals surface area contributed by atoms with E-state index in [1.165, 1.54) is 33.5 Å². The van der Waals surface area contributed by atoms with E-state index in [1.807, 2.05) is 0 Å². The van der Waals surface area contributed by atoms with Gasteiger partial charge in [0.15, 0.2) is 11.5 Å². The van der Waals surface area contributed by atoms with Crippen molar-refractivity contribution in [3.05, 3.63) is 47.5 Å². The third-order valence-electron chi connectivity index (χ3n) is 3.70. The third kappa shape index (κ3) is 4.96. The number of carbonyl (C=O) groups excluding carboxylic acids is 1. The quantitative estimate of drug-likeness (QED) is 0.788. The van der Waals surface area contributed by atoms with Crippen molar-refractivity contribution in [2.75, 3.05) is 26.6 Å². The molecule has 0 atom stereocenters. The van der Waals surface area contributed by atoms with E-state index in [0.29, 0.717) is 22.8 Å². The summed E-state index contributed by atoms with van der Waals surface area (Å²) in [5.74, 6) is 1.28. The number of ether oxygens (including phenoxy) is 3. The van der Waals surface area contributed by atoms with Gasteiger partial charge >= 0.3 is 12.2 Å². The maximum atomic E-state index is 12.5. The second-order valence-corrected chi connectivity index (χ2v) is 5.38. The molecule has 2 N–H and O–H groups in total. The van der Waals surface area contributed by atoms with Crippen molar-refractivity contribution >= 4 is 11.7 Å². The van der Waals surface area contributed by atoms with Crippen molar-refractivity contribution in [3.63, 3.8) is 0 Å². The summed E-state index contributed by atoms with van der Waals surface area (Å²) in [5.41, 5.74) is 0.0843. The molecule has 0 radical (unpaired) electrons. The second-order valence-electron chi connectivity index (χ2n) is 5.38. The molecule has 0 saturated carbocycles. The predicted octanol–water partition coefficient (Wildman–Crippen LogP) is 4.05. The fourth-order valence-corrected chi connectivity index (χ4v) is 2.40. The van der Waals surface area contributed by atoms with Gasteiger partial charge in [-0.2, -0.15) is 13.2 Å².